The minimum atomic E-state index is 0.200. The lowest BCUT2D eigenvalue weighted by Gasteiger charge is -2.11. The van der Waals surface area contributed by atoms with E-state index in [2.05, 4.69) is 4.98 Å². The zero-order valence-corrected chi connectivity index (χ0v) is 12.2. The van der Waals surface area contributed by atoms with Gasteiger partial charge in [-0.05, 0) is 19.4 Å². The SMILES string of the molecule is COc1cc(C)nc(COc2cccc3c2CCC3=O)c1. The molecule has 108 valence electrons. The number of pyridine rings is 1. The number of rotatable bonds is 4. The zero-order valence-electron chi connectivity index (χ0n) is 12.2. The summed E-state index contributed by atoms with van der Waals surface area (Å²) in [6.07, 6.45) is 1.33. The van der Waals surface area contributed by atoms with E-state index in [0.717, 1.165) is 40.4 Å². The number of ketones is 1. The van der Waals surface area contributed by atoms with Crippen LogP contribution in [0.15, 0.2) is 30.3 Å². The number of methoxy groups -OCH3 is 1. The third kappa shape index (κ3) is 2.75. The number of fused-ring (bicyclic) bond motifs is 1. The van der Waals surface area contributed by atoms with E-state index in [0.29, 0.717) is 13.0 Å². The van der Waals surface area contributed by atoms with Crippen LogP contribution >= 0.6 is 0 Å². The molecule has 0 unspecified atom stereocenters. The summed E-state index contributed by atoms with van der Waals surface area (Å²) < 4.78 is 11.1. The van der Waals surface area contributed by atoms with Gasteiger partial charge in [0.1, 0.15) is 18.1 Å². The van der Waals surface area contributed by atoms with Crippen molar-refractivity contribution in [3.05, 3.63) is 52.8 Å². The first-order chi connectivity index (χ1) is 10.2. The van der Waals surface area contributed by atoms with Crippen LogP contribution in [0.25, 0.3) is 0 Å². The molecule has 0 saturated heterocycles. The Hall–Kier alpha value is -2.36. The minimum Gasteiger partial charge on any atom is -0.497 e. The van der Waals surface area contributed by atoms with Crippen LogP contribution in [-0.4, -0.2) is 17.9 Å². The molecule has 0 aliphatic heterocycles. The van der Waals surface area contributed by atoms with Crippen LogP contribution in [0.2, 0.25) is 0 Å². The lowest BCUT2D eigenvalue weighted by atomic mass is 10.1. The van der Waals surface area contributed by atoms with Gasteiger partial charge in [0.25, 0.3) is 0 Å². The van der Waals surface area contributed by atoms with E-state index in [1.807, 2.05) is 37.3 Å². The van der Waals surface area contributed by atoms with Crippen molar-refractivity contribution < 1.29 is 14.3 Å². The fraction of sp³-hybridized carbons (Fsp3) is 0.294. The van der Waals surface area contributed by atoms with Crippen molar-refractivity contribution in [3.8, 4) is 11.5 Å². The van der Waals surface area contributed by atoms with Crippen molar-refractivity contribution in [2.45, 2.75) is 26.4 Å². The van der Waals surface area contributed by atoms with Crippen LogP contribution in [0.1, 0.15) is 33.7 Å². The highest BCUT2D eigenvalue weighted by atomic mass is 16.5. The maximum atomic E-state index is 11.7. The van der Waals surface area contributed by atoms with Gasteiger partial charge in [-0.2, -0.15) is 0 Å². The van der Waals surface area contributed by atoms with Gasteiger partial charge in [0, 0.05) is 35.4 Å². The molecule has 21 heavy (non-hydrogen) atoms. The van der Waals surface area contributed by atoms with E-state index in [1.165, 1.54) is 0 Å². The van der Waals surface area contributed by atoms with Crippen molar-refractivity contribution in [1.82, 2.24) is 4.98 Å². The standard InChI is InChI=1S/C17H17NO3/c1-11-8-13(20-2)9-12(18-11)10-21-17-5-3-4-14-15(17)6-7-16(14)19/h3-5,8-9H,6-7,10H2,1-2H3. The van der Waals surface area contributed by atoms with Crippen LogP contribution < -0.4 is 9.47 Å². The summed E-state index contributed by atoms with van der Waals surface area (Å²) in [7, 11) is 1.63. The molecule has 4 heteroatoms. The molecule has 0 radical (unpaired) electrons. The van der Waals surface area contributed by atoms with E-state index in [-0.39, 0.29) is 5.78 Å². The van der Waals surface area contributed by atoms with Crippen LogP contribution in [-0.2, 0) is 13.0 Å². The molecule has 1 aromatic carbocycles. The Morgan fingerprint density at radius 3 is 2.90 bits per heavy atom. The predicted octanol–water partition coefficient (Wildman–Crippen LogP) is 3.11. The number of benzene rings is 1. The lowest BCUT2D eigenvalue weighted by Crippen LogP contribution is -2.02. The molecule has 2 aromatic rings. The molecule has 4 nitrogen and oxygen atoms in total. The molecule has 0 bridgehead atoms. The van der Waals surface area contributed by atoms with Gasteiger partial charge in [-0.15, -0.1) is 0 Å². The van der Waals surface area contributed by atoms with E-state index < -0.39 is 0 Å². The maximum Gasteiger partial charge on any atom is 0.163 e. The fourth-order valence-electron chi connectivity index (χ4n) is 2.64. The second-order valence-corrected chi connectivity index (χ2v) is 5.13. The third-order valence-electron chi connectivity index (χ3n) is 3.63. The molecule has 1 aromatic heterocycles. The summed E-state index contributed by atoms with van der Waals surface area (Å²) in [5, 5.41) is 0. The summed E-state index contributed by atoms with van der Waals surface area (Å²) in [5.41, 5.74) is 3.51. The second-order valence-electron chi connectivity index (χ2n) is 5.13. The number of carbonyl (C=O) groups excluding carboxylic acids is 1. The highest BCUT2D eigenvalue weighted by Crippen LogP contribution is 2.31. The van der Waals surface area contributed by atoms with Gasteiger partial charge in [0.2, 0.25) is 0 Å². The van der Waals surface area contributed by atoms with Crippen molar-refractivity contribution in [2.24, 2.45) is 0 Å². The number of nitrogens with zero attached hydrogens (tertiary/aromatic N) is 1. The molecule has 0 N–H and O–H groups in total. The predicted molar refractivity (Wildman–Crippen MR) is 79.0 cm³/mol. The molecule has 0 saturated carbocycles. The Labute approximate surface area is 123 Å². The van der Waals surface area contributed by atoms with E-state index in [9.17, 15) is 4.79 Å². The highest BCUT2D eigenvalue weighted by Gasteiger charge is 2.22. The van der Waals surface area contributed by atoms with Gasteiger partial charge in [-0.1, -0.05) is 12.1 Å². The number of Topliss-reactive ketones (excluding diaryl/α,β-unsaturated/α-hetero) is 1. The van der Waals surface area contributed by atoms with Crippen molar-refractivity contribution >= 4 is 5.78 Å². The highest BCUT2D eigenvalue weighted by molar-refractivity contribution is 6.01. The normalized spacial score (nSPS) is 13.1. The summed E-state index contributed by atoms with van der Waals surface area (Å²) in [6, 6.07) is 9.38. The van der Waals surface area contributed by atoms with Gasteiger partial charge in [-0.25, -0.2) is 0 Å². The summed E-state index contributed by atoms with van der Waals surface area (Å²) in [4.78, 5) is 16.2. The molecule has 0 fully saturated rings. The van der Waals surface area contributed by atoms with Crippen LogP contribution in [0.4, 0.5) is 0 Å². The lowest BCUT2D eigenvalue weighted by molar-refractivity contribution is 0.0994. The first kappa shape index (κ1) is 13.6. The Balaban J connectivity index is 1.80. The number of aryl methyl sites for hydroxylation is 1. The molecule has 3 rings (SSSR count). The van der Waals surface area contributed by atoms with E-state index >= 15 is 0 Å². The van der Waals surface area contributed by atoms with Crippen LogP contribution in [0.3, 0.4) is 0 Å². The van der Waals surface area contributed by atoms with Crippen molar-refractivity contribution in [1.29, 1.82) is 0 Å². The maximum absolute atomic E-state index is 11.7. The minimum absolute atomic E-state index is 0.200. The largest absolute Gasteiger partial charge is 0.497 e. The van der Waals surface area contributed by atoms with Gasteiger partial charge in [0.15, 0.2) is 5.78 Å². The van der Waals surface area contributed by atoms with Gasteiger partial charge in [-0.3, -0.25) is 9.78 Å². The first-order valence-electron chi connectivity index (χ1n) is 6.97. The molecule has 0 spiro atoms. The smallest absolute Gasteiger partial charge is 0.163 e. The van der Waals surface area contributed by atoms with Crippen LogP contribution in [0.5, 0.6) is 11.5 Å². The average molecular weight is 283 g/mol. The van der Waals surface area contributed by atoms with E-state index in [4.69, 9.17) is 9.47 Å². The Morgan fingerprint density at radius 2 is 2.10 bits per heavy atom. The molecule has 1 aliphatic carbocycles. The second kappa shape index (κ2) is 5.56. The fourth-order valence-corrected chi connectivity index (χ4v) is 2.64. The van der Waals surface area contributed by atoms with Crippen molar-refractivity contribution in [3.63, 3.8) is 0 Å². The number of carbonyl (C=O) groups is 1. The zero-order chi connectivity index (χ0) is 14.8. The Bertz CT molecular complexity index is 694. The summed E-state index contributed by atoms with van der Waals surface area (Å²) in [5.74, 6) is 1.75. The van der Waals surface area contributed by atoms with Gasteiger partial charge in [0.05, 0.1) is 12.8 Å². The van der Waals surface area contributed by atoms with Gasteiger partial charge >= 0.3 is 0 Å². The monoisotopic (exact) mass is 283 g/mol. The van der Waals surface area contributed by atoms with Crippen LogP contribution in [0, 0.1) is 6.92 Å². The molecule has 1 aliphatic rings. The Morgan fingerprint density at radius 1 is 1.24 bits per heavy atom. The van der Waals surface area contributed by atoms with Gasteiger partial charge < -0.3 is 9.47 Å². The number of hydrogen-bond donors (Lipinski definition) is 0. The topological polar surface area (TPSA) is 48.4 Å². The summed E-state index contributed by atoms with van der Waals surface area (Å²) in [6.45, 7) is 2.29. The Kier molecular flexibility index (Phi) is 3.60. The quantitative estimate of drug-likeness (QED) is 0.865. The number of hydrogen-bond acceptors (Lipinski definition) is 4. The molecule has 1 heterocycles. The third-order valence-corrected chi connectivity index (χ3v) is 3.63. The number of aromatic nitrogens is 1. The molecular formula is C17H17NO3. The van der Waals surface area contributed by atoms with E-state index in [1.54, 1.807) is 7.11 Å². The van der Waals surface area contributed by atoms with Crippen molar-refractivity contribution in [2.75, 3.05) is 7.11 Å². The average Bonchev–Trinajstić information content (AvgIpc) is 2.87. The summed E-state index contributed by atoms with van der Waals surface area (Å²) >= 11 is 0. The first-order valence-corrected chi connectivity index (χ1v) is 6.97. The molecular weight excluding hydrogens is 266 g/mol. The molecule has 0 amide bonds. The molecule has 0 atom stereocenters. The number of ether oxygens (including phenoxy) is 2.